The zero-order chi connectivity index (χ0) is 53.2. The van der Waals surface area contributed by atoms with Crippen LogP contribution in [-0.4, -0.2) is 19.1 Å². The van der Waals surface area contributed by atoms with Gasteiger partial charge in [0, 0.05) is 56.1 Å². The van der Waals surface area contributed by atoms with Crippen molar-refractivity contribution >= 4 is 75.9 Å². The van der Waals surface area contributed by atoms with Crippen molar-refractivity contribution < 1.29 is 0 Å². The fourth-order valence-corrected chi connectivity index (χ4v) is 16.9. The maximum Gasteiger partial charge on any atom is 0.0726 e. The van der Waals surface area contributed by atoms with Gasteiger partial charge in [0.25, 0.3) is 0 Å². The van der Waals surface area contributed by atoms with Crippen molar-refractivity contribution in [1.29, 1.82) is 0 Å². The van der Waals surface area contributed by atoms with Gasteiger partial charge < -0.3 is 9.13 Å². The summed E-state index contributed by atoms with van der Waals surface area (Å²) in [6.07, 6.45) is 8.12. The second-order valence-electron chi connectivity index (χ2n) is 23.0. The van der Waals surface area contributed by atoms with Gasteiger partial charge in [0.1, 0.15) is 0 Å². The van der Waals surface area contributed by atoms with Gasteiger partial charge in [-0.2, -0.15) is 0 Å². The summed E-state index contributed by atoms with van der Waals surface area (Å²) >= 11 is 0. The molecule has 0 N–H and O–H groups in total. The molecule has 0 bridgehead atoms. The van der Waals surface area contributed by atoms with Gasteiger partial charge in [-0.25, -0.2) is 0 Å². The quantitative estimate of drug-likeness (QED) is 0.162. The van der Waals surface area contributed by atoms with Crippen molar-refractivity contribution in [2.24, 2.45) is 0 Å². The van der Waals surface area contributed by atoms with Gasteiger partial charge in [0.05, 0.1) is 45.3 Å². The van der Waals surface area contributed by atoms with Crippen molar-refractivity contribution in [2.75, 3.05) is 0 Å². The van der Waals surface area contributed by atoms with Gasteiger partial charge in [-0.15, -0.1) is 0 Å². The van der Waals surface area contributed by atoms with E-state index < -0.39 is 10.8 Å². The fourth-order valence-electron chi connectivity index (χ4n) is 16.9. The lowest BCUT2D eigenvalue weighted by Crippen LogP contribution is -2.26. The Morgan fingerprint density at radius 2 is 0.524 bits per heavy atom. The van der Waals surface area contributed by atoms with Gasteiger partial charge in [0.2, 0.25) is 0 Å². The first kappa shape index (κ1) is 43.2. The van der Waals surface area contributed by atoms with Crippen molar-refractivity contribution in [3.63, 3.8) is 0 Å². The molecule has 0 radical (unpaired) electrons. The molecule has 4 heteroatoms. The van der Waals surface area contributed by atoms with Crippen LogP contribution in [0.5, 0.6) is 0 Å². The van der Waals surface area contributed by atoms with Crippen LogP contribution in [0.15, 0.2) is 267 Å². The first-order valence-electron chi connectivity index (χ1n) is 28.5. The molecule has 82 heavy (non-hydrogen) atoms. The van der Waals surface area contributed by atoms with Gasteiger partial charge in [-0.1, -0.05) is 206 Å². The average Bonchev–Trinajstić information content (AvgIpc) is 1.91. The number of benzene rings is 12. The van der Waals surface area contributed by atoms with E-state index in [9.17, 15) is 0 Å². The van der Waals surface area contributed by atoms with E-state index in [0.29, 0.717) is 0 Å². The Bertz CT molecular complexity index is 5140. The average molecular weight is 1040 g/mol. The second-order valence-corrected chi connectivity index (χ2v) is 23.0. The maximum atomic E-state index is 4.95. The Hall–Kier alpha value is -10.7. The summed E-state index contributed by atoms with van der Waals surface area (Å²) < 4.78 is 5.13. The third-order valence-corrected chi connectivity index (χ3v) is 19.7. The minimum atomic E-state index is -0.507. The van der Waals surface area contributed by atoms with Crippen molar-refractivity contribution in [3.8, 4) is 55.9 Å². The summed E-state index contributed by atoms with van der Waals surface area (Å²) in [5, 5.41) is 12.0. The number of hydrogen-bond acceptors (Lipinski definition) is 2. The topological polar surface area (TPSA) is 35.6 Å². The Morgan fingerprint density at radius 3 is 0.854 bits per heavy atom. The monoisotopic (exact) mass is 1040 g/mol. The van der Waals surface area contributed by atoms with E-state index >= 15 is 0 Å². The van der Waals surface area contributed by atoms with E-state index in [-0.39, 0.29) is 0 Å². The summed E-state index contributed by atoms with van der Waals surface area (Å²) in [6, 6.07) is 92.0. The Morgan fingerprint density at radius 1 is 0.244 bits per heavy atom. The predicted octanol–water partition coefficient (Wildman–Crippen LogP) is 18.8. The van der Waals surface area contributed by atoms with E-state index in [1.165, 1.54) is 154 Å². The standard InChI is InChI=1S/C78H44N4/c1-3-25-57-55(23-1)71-59-37-39-79-43-69(59)81(45-33-35-53-51-21-9-15-31-65(51)77(67(53)41-45)61-27-11-5-17-47(61)48-18-6-12-28-62(48)77)75(71)74-58-26-4-2-24-56(58)72-60-38-40-80-44-70(60)82(76(72)73(57)74)46-34-36-54-52-22-10-16-32-66(52)78(68(54)42-46)63-29-13-7-19-49(63)50-20-8-14-30-64(50)78/h1-44H. The first-order valence-corrected chi connectivity index (χ1v) is 28.5. The summed E-state index contributed by atoms with van der Waals surface area (Å²) in [5.41, 5.74) is 26.6. The highest BCUT2D eigenvalue weighted by atomic mass is 15.0. The SMILES string of the molecule is c1ccc2c(c1)-c1ccccc1C21c2ccccc2-c2ccc(-n3c4cnccc4c4c5ccccc5c5c(c6ccccc6c6c7ccncc7n(-c7ccc8c(c7)C7(c9ccccc9-c9ccccc97)c7ccccc7-8)c65)c43)cc21. The molecule has 4 aliphatic rings. The fraction of sp³-hybridized carbons (Fsp3) is 0.0256. The molecule has 0 amide bonds. The summed E-state index contributed by atoms with van der Waals surface area (Å²) in [5.74, 6) is 0. The van der Waals surface area contributed by atoms with Gasteiger partial charge in [-0.05, 0) is 147 Å². The van der Waals surface area contributed by atoms with Crippen LogP contribution in [0.1, 0.15) is 44.5 Å². The number of hydrogen-bond donors (Lipinski definition) is 0. The van der Waals surface area contributed by atoms with E-state index in [1.807, 2.05) is 12.4 Å². The lowest BCUT2D eigenvalue weighted by Gasteiger charge is -2.30. The highest BCUT2D eigenvalue weighted by Crippen LogP contribution is 2.65. The van der Waals surface area contributed by atoms with Crippen LogP contribution in [0, 0.1) is 0 Å². The molecule has 4 nitrogen and oxygen atoms in total. The number of aromatic nitrogens is 4. The molecule has 12 aromatic carbocycles. The van der Waals surface area contributed by atoms with Crippen molar-refractivity contribution in [2.45, 2.75) is 10.8 Å². The molecule has 4 heterocycles. The lowest BCUT2D eigenvalue weighted by molar-refractivity contribution is 0.792. The van der Waals surface area contributed by atoms with Crippen LogP contribution in [0.3, 0.4) is 0 Å². The molecule has 0 saturated carbocycles. The van der Waals surface area contributed by atoms with Gasteiger partial charge >= 0.3 is 0 Å². The Kier molecular flexibility index (Phi) is 7.99. The molecule has 0 unspecified atom stereocenters. The number of rotatable bonds is 2. The van der Waals surface area contributed by atoms with Crippen LogP contribution in [0.25, 0.3) is 132 Å². The third kappa shape index (κ3) is 4.89. The molecule has 0 aliphatic heterocycles. The number of fused-ring (bicyclic) bond motifs is 35. The third-order valence-electron chi connectivity index (χ3n) is 19.7. The van der Waals surface area contributed by atoms with Crippen LogP contribution in [-0.2, 0) is 10.8 Å². The van der Waals surface area contributed by atoms with Gasteiger partial charge in [-0.3, -0.25) is 9.97 Å². The van der Waals surface area contributed by atoms with Crippen LogP contribution in [0.4, 0.5) is 0 Å². The lowest BCUT2D eigenvalue weighted by atomic mass is 9.70. The smallest absolute Gasteiger partial charge is 0.0726 e. The largest absolute Gasteiger partial charge is 0.307 e. The number of pyridine rings is 2. The first-order chi connectivity index (χ1) is 40.7. The highest BCUT2D eigenvalue weighted by molar-refractivity contribution is 6.44. The molecule has 16 aromatic rings. The normalized spacial score (nSPS) is 14.3. The van der Waals surface area contributed by atoms with Crippen LogP contribution < -0.4 is 0 Å². The minimum absolute atomic E-state index is 0.507. The Labute approximate surface area is 471 Å². The molecule has 4 aromatic heterocycles. The molecule has 20 rings (SSSR count). The van der Waals surface area contributed by atoms with E-state index in [0.717, 1.165) is 22.4 Å². The van der Waals surface area contributed by atoms with E-state index in [2.05, 4.69) is 264 Å². The molecular weight excluding hydrogens is 993 g/mol. The molecule has 0 saturated heterocycles. The highest BCUT2D eigenvalue weighted by Gasteiger charge is 2.53. The molecule has 376 valence electrons. The molecule has 0 atom stereocenters. The summed E-state index contributed by atoms with van der Waals surface area (Å²) in [4.78, 5) is 9.91. The van der Waals surface area contributed by atoms with Gasteiger partial charge in [0.15, 0.2) is 0 Å². The van der Waals surface area contributed by atoms with Crippen LogP contribution >= 0.6 is 0 Å². The molecule has 2 spiro atoms. The number of nitrogens with zero attached hydrogens (tertiary/aromatic N) is 4. The summed E-state index contributed by atoms with van der Waals surface area (Å²) in [6.45, 7) is 0. The van der Waals surface area contributed by atoms with E-state index in [1.54, 1.807) is 0 Å². The molecular formula is C78H44N4. The predicted molar refractivity (Wildman–Crippen MR) is 336 cm³/mol. The molecule has 0 fully saturated rings. The second kappa shape index (κ2) is 15.2. The molecule has 4 aliphatic carbocycles. The Balaban J connectivity index is 0.948. The van der Waals surface area contributed by atoms with E-state index in [4.69, 9.17) is 9.97 Å². The zero-order valence-electron chi connectivity index (χ0n) is 44.2. The van der Waals surface area contributed by atoms with Crippen molar-refractivity contribution in [1.82, 2.24) is 19.1 Å². The zero-order valence-corrected chi connectivity index (χ0v) is 44.2. The maximum absolute atomic E-state index is 4.95. The summed E-state index contributed by atoms with van der Waals surface area (Å²) in [7, 11) is 0. The van der Waals surface area contributed by atoms with Crippen LogP contribution in [0.2, 0.25) is 0 Å². The minimum Gasteiger partial charge on any atom is -0.307 e. The van der Waals surface area contributed by atoms with Crippen molar-refractivity contribution in [3.05, 3.63) is 312 Å².